The van der Waals surface area contributed by atoms with Crippen molar-refractivity contribution in [3.05, 3.63) is 46.9 Å². The van der Waals surface area contributed by atoms with Crippen LogP contribution in [0.2, 0.25) is 5.28 Å². The minimum atomic E-state index is 0.126. The molecule has 3 rings (SSSR count). The van der Waals surface area contributed by atoms with E-state index in [9.17, 15) is 0 Å². The topological polar surface area (TPSA) is 25.8 Å². The highest BCUT2D eigenvalue weighted by atomic mass is 35.5. The lowest BCUT2D eigenvalue weighted by molar-refractivity contribution is 0.514. The predicted molar refractivity (Wildman–Crippen MR) is 69.2 cm³/mol. The Morgan fingerprint density at radius 1 is 1.24 bits per heavy atom. The van der Waals surface area contributed by atoms with Crippen LogP contribution in [0.3, 0.4) is 0 Å². The van der Waals surface area contributed by atoms with Crippen molar-refractivity contribution in [2.45, 2.75) is 25.7 Å². The largest absolute Gasteiger partial charge is 0.226 e. The maximum atomic E-state index is 5.89. The summed E-state index contributed by atoms with van der Waals surface area (Å²) in [4.78, 5) is 8.46. The van der Waals surface area contributed by atoms with Crippen molar-refractivity contribution in [3.8, 4) is 11.3 Å². The van der Waals surface area contributed by atoms with Crippen molar-refractivity contribution < 1.29 is 0 Å². The molecule has 2 nitrogen and oxygen atoms in total. The van der Waals surface area contributed by atoms with Gasteiger partial charge in [-0.25, -0.2) is 9.97 Å². The highest BCUT2D eigenvalue weighted by Crippen LogP contribution is 2.41. The van der Waals surface area contributed by atoms with E-state index in [1.165, 1.54) is 16.7 Å². The van der Waals surface area contributed by atoms with Gasteiger partial charge in [0.05, 0.1) is 5.69 Å². The van der Waals surface area contributed by atoms with Gasteiger partial charge >= 0.3 is 0 Å². The van der Waals surface area contributed by atoms with Gasteiger partial charge in [0.25, 0.3) is 0 Å². The Morgan fingerprint density at radius 2 is 2.00 bits per heavy atom. The van der Waals surface area contributed by atoms with Gasteiger partial charge in [0, 0.05) is 11.8 Å². The zero-order valence-electron chi connectivity index (χ0n) is 9.87. The summed E-state index contributed by atoms with van der Waals surface area (Å²) in [6.45, 7) is 4.51. The van der Waals surface area contributed by atoms with E-state index in [-0.39, 0.29) is 5.41 Å². The Balaban J connectivity index is 2.33. The van der Waals surface area contributed by atoms with Gasteiger partial charge in [0.1, 0.15) is 0 Å². The molecular weight excluding hydrogens is 232 g/mol. The van der Waals surface area contributed by atoms with Crippen LogP contribution < -0.4 is 0 Å². The van der Waals surface area contributed by atoms with Gasteiger partial charge in [0.2, 0.25) is 5.28 Å². The van der Waals surface area contributed by atoms with Crippen LogP contribution in [0.25, 0.3) is 11.3 Å². The lowest BCUT2D eigenvalue weighted by atomic mass is 9.72. The molecule has 1 aliphatic rings. The number of halogens is 1. The van der Waals surface area contributed by atoms with Gasteiger partial charge in [-0.05, 0) is 34.6 Å². The number of aromatic nitrogens is 2. The van der Waals surface area contributed by atoms with Gasteiger partial charge in [-0.1, -0.05) is 38.1 Å². The third-order valence-corrected chi connectivity index (χ3v) is 3.56. The molecular formula is C14H13ClN2. The molecule has 86 valence electrons. The standard InChI is InChI=1S/C14H13ClN2/c1-14(2)7-9-8-16-13(15)17-12(9)10-5-3-4-6-11(10)14/h3-6,8H,7H2,1-2H3. The molecule has 0 aliphatic heterocycles. The lowest BCUT2D eigenvalue weighted by Crippen LogP contribution is -2.26. The van der Waals surface area contributed by atoms with Crippen molar-refractivity contribution >= 4 is 11.6 Å². The second kappa shape index (κ2) is 3.54. The van der Waals surface area contributed by atoms with Crippen LogP contribution in [-0.2, 0) is 11.8 Å². The Morgan fingerprint density at radius 3 is 2.82 bits per heavy atom. The molecule has 0 amide bonds. The summed E-state index contributed by atoms with van der Waals surface area (Å²) < 4.78 is 0. The van der Waals surface area contributed by atoms with Crippen LogP contribution in [-0.4, -0.2) is 9.97 Å². The highest BCUT2D eigenvalue weighted by molar-refractivity contribution is 6.28. The molecule has 0 saturated carbocycles. The summed E-state index contributed by atoms with van der Waals surface area (Å²) in [5.41, 5.74) is 4.81. The Labute approximate surface area is 106 Å². The second-order valence-corrected chi connectivity index (χ2v) is 5.46. The minimum Gasteiger partial charge on any atom is -0.226 e. The van der Waals surface area contributed by atoms with E-state index in [0.717, 1.165) is 12.1 Å². The van der Waals surface area contributed by atoms with Crippen LogP contribution in [0.15, 0.2) is 30.5 Å². The summed E-state index contributed by atoms with van der Waals surface area (Å²) >= 11 is 5.89. The number of rotatable bonds is 0. The van der Waals surface area contributed by atoms with Crippen LogP contribution in [0, 0.1) is 0 Å². The van der Waals surface area contributed by atoms with Crippen LogP contribution in [0.4, 0.5) is 0 Å². The average molecular weight is 245 g/mol. The number of hydrogen-bond acceptors (Lipinski definition) is 2. The smallest absolute Gasteiger partial charge is 0.222 e. The fraction of sp³-hybridized carbons (Fsp3) is 0.286. The van der Waals surface area contributed by atoms with Gasteiger partial charge in [-0.15, -0.1) is 0 Å². The monoisotopic (exact) mass is 244 g/mol. The van der Waals surface area contributed by atoms with E-state index in [1.54, 1.807) is 0 Å². The number of hydrogen-bond donors (Lipinski definition) is 0. The summed E-state index contributed by atoms with van der Waals surface area (Å²) in [5, 5.41) is 0.318. The summed E-state index contributed by atoms with van der Waals surface area (Å²) in [6.07, 6.45) is 2.80. The van der Waals surface area contributed by atoms with E-state index in [2.05, 4.69) is 42.0 Å². The SMILES string of the molecule is CC1(C)Cc2cnc(Cl)nc2-c2ccccc21. The predicted octanol–water partition coefficient (Wildman–Crippen LogP) is 3.63. The van der Waals surface area contributed by atoms with E-state index in [4.69, 9.17) is 11.6 Å². The number of benzene rings is 1. The number of fused-ring (bicyclic) bond motifs is 3. The minimum absolute atomic E-state index is 0.126. The van der Waals surface area contributed by atoms with Gasteiger partial charge in [0.15, 0.2) is 0 Å². The van der Waals surface area contributed by atoms with Crippen molar-refractivity contribution in [2.24, 2.45) is 0 Å². The molecule has 0 saturated heterocycles. The molecule has 1 heterocycles. The normalized spacial score (nSPS) is 16.2. The van der Waals surface area contributed by atoms with Gasteiger partial charge < -0.3 is 0 Å². The number of nitrogens with zero attached hydrogens (tertiary/aromatic N) is 2. The fourth-order valence-corrected chi connectivity index (χ4v) is 2.73. The summed E-state index contributed by atoms with van der Waals surface area (Å²) in [5.74, 6) is 0. The van der Waals surface area contributed by atoms with E-state index >= 15 is 0 Å². The van der Waals surface area contributed by atoms with E-state index < -0.39 is 0 Å². The van der Waals surface area contributed by atoms with E-state index in [1.807, 2.05) is 12.3 Å². The van der Waals surface area contributed by atoms with Gasteiger partial charge in [-0.2, -0.15) is 0 Å². The van der Waals surface area contributed by atoms with Crippen molar-refractivity contribution in [1.29, 1.82) is 0 Å². The first-order valence-electron chi connectivity index (χ1n) is 5.69. The van der Waals surface area contributed by atoms with E-state index in [0.29, 0.717) is 5.28 Å². The molecule has 1 aromatic carbocycles. The third kappa shape index (κ3) is 1.64. The van der Waals surface area contributed by atoms with Crippen molar-refractivity contribution in [3.63, 3.8) is 0 Å². The molecule has 1 aliphatic carbocycles. The fourth-order valence-electron chi connectivity index (χ4n) is 2.60. The highest BCUT2D eigenvalue weighted by Gasteiger charge is 2.31. The first-order chi connectivity index (χ1) is 8.08. The average Bonchev–Trinajstić information content (AvgIpc) is 2.30. The Kier molecular flexibility index (Phi) is 2.23. The van der Waals surface area contributed by atoms with Crippen molar-refractivity contribution in [2.75, 3.05) is 0 Å². The zero-order valence-corrected chi connectivity index (χ0v) is 10.6. The molecule has 0 radical (unpaired) electrons. The molecule has 0 atom stereocenters. The first-order valence-corrected chi connectivity index (χ1v) is 6.07. The lowest BCUT2D eigenvalue weighted by Gasteiger charge is -2.33. The molecule has 0 N–H and O–H groups in total. The third-order valence-electron chi connectivity index (χ3n) is 3.38. The summed E-state index contributed by atoms with van der Waals surface area (Å²) in [6, 6.07) is 8.40. The van der Waals surface area contributed by atoms with Crippen LogP contribution in [0.1, 0.15) is 25.0 Å². The van der Waals surface area contributed by atoms with Crippen LogP contribution >= 0.6 is 11.6 Å². The van der Waals surface area contributed by atoms with Gasteiger partial charge in [-0.3, -0.25) is 0 Å². The first kappa shape index (κ1) is 10.7. The van der Waals surface area contributed by atoms with Crippen LogP contribution in [0.5, 0.6) is 0 Å². The molecule has 1 aromatic heterocycles. The maximum Gasteiger partial charge on any atom is 0.222 e. The molecule has 0 bridgehead atoms. The van der Waals surface area contributed by atoms with Crippen molar-refractivity contribution in [1.82, 2.24) is 9.97 Å². The second-order valence-electron chi connectivity index (χ2n) is 5.12. The molecule has 0 unspecified atom stereocenters. The molecule has 17 heavy (non-hydrogen) atoms. The zero-order chi connectivity index (χ0) is 12.0. The summed E-state index contributed by atoms with van der Waals surface area (Å²) in [7, 11) is 0. The quantitative estimate of drug-likeness (QED) is 0.662. The Bertz CT molecular complexity index is 591. The Hall–Kier alpha value is -1.41. The molecule has 2 aromatic rings. The molecule has 3 heteroatoms. The molecule has 0 fully saturated rings. The maximum absolute atomic E-state index is 5.89. The molecule has 0 spiro atoms.